The highest BCUT2D eigenvalue weighted by molar-refractivity contribution is 9.10. The first kappa shape index (κ1) is 10.4. The van der Waals surface area contributed by atoms with E-state index in [-0.39, 0.29) is 5.56 Å². The predicted molar refractivity (Wildman–Crippen MR) is 48.3 cm³/mol. The van der Waals surface area contributed by atoms with Gasteiger partial charge in [-0.25, -0.2) is 0 Å². The molecule has 1 aromatic carbocycles. The van der Waals surface area contributed by atoms with E-state index in [4.69, 9.17) is 5.73 Å². The number of anilines is 1. The van der Waals surface area contributed by atoms with Crippen molar-refractivity contribution in [2.45, 2.75) is 12.6 Å². The maximum atomic E-state index is 12.0. The quantitative estimate of drug-likeness (QED) is 0.765. The molecule has 0 bridgehead atoms. The molecule has 0 saturated carbocycles. The van der Waals surface area contributed by atoms with Crippen LogP contribution in [0, 0.1) is 0 Å². The lowest BCUT2D eigenvalue weighted by Gasteiger charge is -2.08. The van der Waals surface area contributed by atoms with E-state index in [1.165, 1.54) is 12.1 Å². The fourth-order valence-corrected chi connectivity index (χ4v) is 1.33. The fourth-order valence-electron chi connectivity index (χ4n) is 0.946. The third-order valence-electron chi connectivity index (χ3n) is 1.46. The van der Waals surface area contributed by atoms with Crippen LogP contribution in [0.4, 0.5) is 18.9 Å². The molecule has 5 heteroatoms. The molecule has 0 spiro atoms. The summed E-state index contributed by atoms with van der Waals surface area (Å²) in [6.07, 6.45) is -5.16. The Hall–Kier alpha value is -0.710. The summed E-state index contributed by atoms with van der Waals surface area (Å²) in [5.74, 6) is 0. The van der Waals surface area contributed by atoms with Crippen LogP contribution < -0.4 is 5.73 Å². The number of nitrogen functional groups attached to an aromatic ring is 1. The minimum absolute atomic E-state index is 0.160. The average Bonchev–Trinajstić information content (AvgIpc) is 1.94. The zero-order valence-corrected chi connectivity index (χ0v) is 8.11. The standard InChI is InChI=1S/C8H7BrF3N/c9-7-2-1-6(13)3-5(7)4-8(10,11)12/h1-3H,4,13H2. The van der Waals surface area contributed by atoms with Crippen LogP contribution in [0.25, 0.3) is 0 Å². The lowest BCUT2D eigenvalue weighted by atomic mass is 10.1. The lowest BCUT2D eigenvalue weighted by molar-refractivity contribution is -0.127. The van der Waals surface area contributed by atoms with Crippen LogP contribution in [-0.2, 0) is 6.42 Å². The first-order chi connectivity index (χ1) is 5.88. The Morgan fingerprint density at radius 1 is 1.31 bits per heavy atom. The van der Waals surface area contributed by atoms with Crippen LogP contribution in [0.15, 0.2) is 22.7 Å². The Morgan fingerprint density at radius 2 is 1.92 bits per heavy atom. The zero-order chi connectivity index (χ0) is 10.1. The van der Waals surface area contributed by atoms with E-state index < -0.39 is 12.6 Å². The van der Waals surface area contributed by atoms with Gasteiger partial charge < -0.3 is 5.73 Å². The molecule has 0 aliphatic heterocycles. The number of hydrogen-bond acceptors (Lipinski definition) is 1. The fraction of sp³-hybridized carbons (Fsp3) is 0.250. The number of nitrogens with two attached hydrogens (primary N) is 1. The molecule has 1 nitrogen and oxygen atoms in total. The Balaban J connectivity index is 2.94. The number of benzene rings is 1. The molecule has 0 aromatic heterocycles. The first-order valence-electron chi connectivity index (χ1n) is 3.49. The molecule has 0 radical (unpaired) electrons. The SMILES string of the molecule is Nc1ccc(Br)c(CC(F)(F)F)c1. The van der Waals surface area contributed by atoms with E-state index in [2.05, 4.69) is 15.9 Å². The molecule has 0 amide bonds. The van der Waals surface area contributed by atoms with Gasteiger partial charge in [0, 0.05) is 10.2 Å². The van der Waals surface area contributed by atoms with E-state index in [1.54, 1.807) is 6.07 Å². The maximum absolute atomic E-state index is 12.0. The van der Waals surface area contributed by atoms with Gasteiger partial charge in [-0.2, -0.15) is 13.2 Å². The van der Waals surface area contributed by atoms with Gasteiger partial charge in [-0.05, 0) is 23.8 Å². The lowest BCUT2D eigenvalue weighted by Crippen LogP contribution is -2.12. The van der Waals surface area contributed by atoms with Crippen molar-refractivity contribution >= 4 is 21.6 Å². The van der Waals surface area contributed by atoms with Gasteiger partial charge in [0.2, 0.25) is 0 Å². The molecule has 13 heavy (non-hydrogen) atoms. The summed E-state index contributed by atoms with van der Waals surface area (Å²) in [7, 11) is 0. The highest BCUT2D eigenvalue weighted by Gasteiger charge is 2.28. The van der Waals surface area contributed by atoms with Gasteiger partial charge in [0.05, 0.1) is 6.42 Å². The molecule has 2 N–H and O–H groups in total. The highest BCUT2D eigenvalue weighted by Crippen LogP contribution is 2.27. The number of hydrogen-bond donors (Lipinski definition) is 1. The third-order valence-corrected chi connectivity index (χ3v) is 2.23. The van der Waals surface area contributed by atoms with Crippen molar-refractivity contribution < 1.29 is 13.2 Å². The topological polar surface area (TPSA) is 26.0 Å². The molecular formula is C8H7BrF3N. The summed E-state index contributed by atoms with van der Waals surface area (Å²) in [6.45, 7) is 0. The smallest absolute Gasteiger partial charge is 0.393 e. The number of halogens is 4. The molecule has 1 rings (SSSR count). The van der Waals surface area contributed by atoms with Gasteiger partial charge in [-0.15, -0.1) is 0 Å². The summed E-state index contributed by atoms with van der Waals surface area (Å²) in [6, 6.07) is 4.37. The second-order valence-corrected chi connectivity index (χ2v) is 3.50. The van der Waals surface area contributed by atoms with E-state index in [9.17, 15) is 13.2 Å². The van der Waals surface area contributed by atoms with Crippen LogP contribution in [-0.4, -0.2) is 6.18 Å². The third kappa shape index (κ3) is 3.26. The van der Waals surface area contributed by atoms with E-state index in [0.29, 0.717) is 10.2 Å². The van der Waals surface area contributed by atoms with Gasteiger partial charge in [0.25, 0.3) is 0 Å². The van der Waals surface area contributed by atoms with Gasteiger partial charge in [-0.3, -0.25) is 0 Å². The first-order valence-corrected chi connectivity index (χ1v) is 4.28. The van der Waals surface area contributed by atoms with Gasteiger partial charge >= 0.3 is 6.18 Å². The normalized spacial score (nSPS) is 11.7. The van der Waals surface area contributed by atoms with Crippen molar-refractivity contribution in [1.82, 2.24) is 0 Å². The van der Waals surface area contributed by atoms with Gasteiger partial charge in [-0.1, -0.05) is 15.9 Å². The summed E-state index contributed by atoms with van der Waals surface area (Å²) < 4.78 is 36.4. The molecular weight excluding hydrogens is 247 g/mol. The molecule has 1 aromatic rings. The molecule has 72 valence electrons. The monoisotopic (exact) mass is 253 g/mol. The van der Waals surface area contributed by atoms with Gasteiger partial charge in [0.1, 0.15) is 0 Å². The molecule has 0 fully saturated rings. The van der Waals surface area contributed by atoms with Crippen LogP contribution in [0.2, 0.25) is 0 Å². The summed E-state index contributed by atoms with van der Waals surface area (Å²) in [5, 5.41) is 0. The predicted octanol–water partition coefficient (Wildman–Crippen LogP) is 3.14. The number of alkyl halides is 3. The van der Waals surface area contributed by atoms with Crippen LogP contribution in [0.3, 0.4) is 0 Å². The van der Waals surface area contributed by atoms with Crippen molar-refractivity contribution in [3.8, 4) is 0 Å². The van der Waals surface area contributed by atoms with Crippen molar-refractivity contribution in [2.75, 3.05) is 5.73 Å². The molecule has 0 saturated heterocycles. The van der Waals surface area contributed by atoms with Crippen molar-refractivity contribution in [3.05, 3.63) is 28.2 Å². The van der Waals surface area contributed by atoms with Crippen LogP contribution in [0.1, 0.15) is 5.56 Å². The second kappa shape index (κ2) is 3.57. The Morgan fingerprint density at radius 3 is 2.46 bits per heavy atom. The summed E-state index contributed by atoms with van der Waals surface area (Å²) in [5.41, 5.74) is 5.85. The van der Waals surface area contributed by atoms with Crippen molar-refractivity contribution in [2.24, 2.45) is 0 Å². The molecule has 0 atom stereocenters. The summed E-state index contributed by atoms with van der Waals surface area (Å²) in [4.78, 5) is 0. The van der Waals surface area contributed by atoms with Crippen molar-refractivity contribution in [3.63, 3.8) is 0 Å². The van der Waals surface area contributed by atoms with E-state index in [1.807, 2.05) is 0 Å². The van der Waals surface area contributed by atoms with Gasteiger partial charge in [0.15, 0.2) is 0 Å². The van der Waals surface area contributed by atoms with Crippen LogP contribution in [0.5, 0.6) is 0 Å². The average molecular weight is 254 g/mol. The Kier molecular flexibility index (Phi) is 2.85. The molecule has 0 unspecified atom stereocenters. The zero-order valence-electron chi connectivity index (χ0n) is 6.53. The van der Waals surface area contributed by atoms with E-state index in [0.717, 1.165) is 0 Å². The van der Waals surface area contributed by atoms with Crippen molar-refractivity contribution in [1.29, 1.82) is 0 Å². The maximum Gasteiger partial charge on any atom is 0.393 e. The minimum atomic E-state index is -4.20. The Labute approximate surface area is 81.9 Å². The largest absolute Gasteiger partial charge is 0.399 e. The van der Waals surface area contributed by atoms with E-state index >= 15 is 0 Å². The Bertz CT molecular complexity index is 309. The minimum Gasteiger partial charge on any atom is -0.399 e. The number of rotatable bonds is 1. The second-order valence-electron chi connectivity index (χ2n) is 2.64. The summed E-state index contributed by atoms with van der Waals surface area (Å²) >= 11 is 3.03. The highest BCUT2D eigenvalue weighted by atomic mass is 79.9. The molecule has 0 aliphatic carbocycles. The molecule has 0 heterocycles. The molecule has 0 aliphatic rings. The van der Waals surface area contributed by atoms with Crippen LogP contribution >= 0.6 is 15.9 Å².